The van der Waals surface area contributed by atoms with Crippen LogP contribution in [0.3, 0.4) is 0 Å². The van der Waals surface area contributed by atoms with Gasteiger partial charge in [0.05, 0.1) is 11.5 Å². The minimum Gasteiger partial charge on any atom is -0.445 e. The van der Waals surface area contributed by atoms with Crippen LogP contribution in [0, 0.1) is 16.7 Å². The summed E-state index contributed by atoms with van der Waals surface area (Å²) in [5.41, 5.74) is 0.311. The molecule has 0 aliphatic carbocycles. The summed E-state index contributed by atoms with van der Waals surface area (Å²) in [6.45, 7) is 5.56. The first-order valence-corrected chi connectivity index (χ1v) is 5.84. The highest BCUT2D eigenvalue weighted by molar-refractivity contribution is 5.67. The Morgan fingerprint density at radius 2 is 2.06 bits per heavy atom. The Morgan fingerprint density at radius 3 is 2.61 bits per heavy atom. The van der Waals surface area contributed by atoms with Gasteiger partial charge in [-0.3, -0.25) is 0 Å². The van der Waals surface area contributed by atoms with Gasteiger partial charge in [-0.15, -0.1) is 0 Å². The first-order valence-electron chi connectivity index (χ1n) is 5.84. The number of carbonyl (C=O) groups is 1. The zero-order chi connectivity index (χ0) is 13.6. The quantitative estimate of drug-likeness (QED) is 0.888. The first-order chi connectivity index (χ1) is 8.45. The first kappa shape index (κ1) is 14.0. The molecule has 0 aliphatic heterocycles. The maximum absolute atomic E-state index is 11.5. The molecule has 0 aromatic heterocycles. The number of nitrogens with one attached hydrogen (secondary N) is 1. The van der Waals surface area contributed by atoms with Crippen molar-refractivity contribution >= 4 is 6.09 Å². The molecule has 1 unspecified atom stereocenters. The van der Waals surface area contributed by atoms with Crippen molar-refractivity contribution in [3.05, 3.63) is 35.9 Å². The highest BCUT2D eigenvalue weighted by atomic mass is 16.5. The van der Waals surface area contributed by atoms with Crippen LogP contribution in [0.4, 0.5) is 4.79 Å². The molecular weight excluding hydrogens is 228 g/mol. The van der Waals surface area contributed by atoms with Crippen molar-refractivity contribution in [3.8, 4) is 6.07 Å². The number of benzene rings is 1. The number of nitriles is 1. The van der Waals surface area contributed by atoms with Crippen molar-refractivity contribution in [2.24, 2.45) is 5.41 Å². The Bertz CT molecular complexity index is 435. The van der Waals surface area contributed by atoms with E-state index in [0.29, 0.717) is 0 Å². The van der Waals surface area contributed by atoms with E-state index in [1.165, 1.54) is 0 Å². The zero-order valence-corrected chi connectivity index (χ0v) is 10.9. The van der Waals surface area contributed by atoms with Gasteiger partial charge in [0.25, 0.3) is 0 Å². The van der Waals surface area contributed by atoms with Gasteiger partial charge in [-0.2, -0.15) is 5.26 Å². The molecule has 4 nitrogen and oxygen atoms in total. The topological polar surface area (TPSA) is 62.1 Å². The molecule has 18 heavy (non-hydrogen) atoms. The molecular formula is C14H18N2O2. The Morgan fingerprint density at radius 1 is 1.44 bits per heavy atom. The fourth-order valence-corrected chi connectivity index (χ4v) is 1.22. The predicted molar refractivity (Wildman–Crippen MR) is 68.6 cm³/mol. The Hall–Kier alpha value is -2.02. The number of nitrogens with zero attached hydrogens (tertiary/aromatic N) is 1. The summed E-state index contributed by atoms with van der Waals surface area (Å²) >= 11 is 0. The van der Waals surface area contributed by atoms with Gasteiger partial charge in [0.1, 0.15) is 6.61 Å². The summed E-state index contributed by atoms with van der Waals surface area (Å²) < 4.78 is 5.08. The molecule has 0 bridgehead atoms. The number of hydrogen-bond acceptors (Lipinski definition) is 3. The van der Waals surface area contributed by atoms with E-state index in [1.807, 2.05) is 30.3 Å². The van der Waals surface area contributed by atoms with Gasteiger partial charge < -0.3 is 10.1 Å². The SMILES string of the molecule is CC(NC(=O)OCc1ccccc1)C(C)(C)C#N. The molecule has 1 amide bonds. The van der Waals surface area contributed by atoms with Crippen molar-refractivity contribution < 1.29 is 9.53 Å². The van der Waals surface area contributed by atoms with Crippen LogP contribution in [0.2, 0.25) is 0 Å². The lowest BCUT2D eigenvalue weighted by Crippen LogP contribution is -2.42. The van der Waals surface area contributed by atoms with E-state index in [4.69, 9.17) is 10.00 Å². The normalized spacial score (nSPS) is 12.3. The number of alkyl carbamates (subject to hydrolysis) is 1. The largest absolute Gasteiger partial charge is 0.445 e. The number of hydrogen-bond donors (Lipinski definition) is 1. The highest BCUT2D eigenvalue weighted by Crippen LogP contribution is 2.18. The molecule has 0 spiro atoms. The summed E-state index contributed by atoms with van der Waals surface area (Å²) in [6, 6.07) is 11.3. The molecule has 0 radical (unpaired) electrons. The Labute approximate surface area is 108 Å². The van der Waals surface area contributed by atoms with Gasteiger partial charge >= 0.3 is 6.09 Å². The Balaban J connectivity index is 2.42. The second-order valence-electron chi connectivity index (χ2n) is 4.76. The molecule has 0 heterocycles. The van der Waals surface area contributed by atoms with Gasteiger partial charge in [-0.1, -0.05) is 30.3 Å². The minimum absolute atomic E-state index is 0.229. The monoisotopic (exact) mass is 246 g/mol. The van der Waals surface area contributed by atoms with Gasteiger partial charge in [-0.25, -0.2) is 4.79 Å². The third kappa shape index (κ3) is 4.10. The number of rotatable bonds is 4. The molecule has 0 aliphatic rings. The average Bonchev–Trinajstić information content (AvgIpc) is 2.37. The van der Waals surface area contributed by atoms with Crippen LogP contribution in [-0.4, -0.2) is 12.1 Å². The molecule has 0 saturated heterocycles. The molecule has 1 N–H and O–H groups in total. The van der Waals surface area contributed by atoms with E-state index in [0.717, 1.165) is 5.56 Å². The third-order valence-electron chi connectivity index (χ3n) is 2.92. The fourth-order valence-electron chi connectivity index (χ4n) is 1.22. The predicted octanol–water partition coefficient (Wildman–Crippen LogP) is 2.85. The van der Waals surface area contributed by atoms with E-state index < -0.39 is 11.5 Å². The average molecular weight is 246 g/mol. The lowest BCUT2D eigenvalue weighted by molar-refractivity contribution is 0.131. The van der Waals surface area contributed by atoms with E-state index in [1.54, 1.807) is 20.8 Å². The number of amides is 1. The molecule has 0 fully saturated rings. The molecule has 1 rings (SSSR count). The molecule has 1 atom stereocenters. The molecule has 4 heteroatoms. The van der Waals surface area contributed by atoms with Crippen molar-refractivity contribution in [2.75, 3.05) is 0 Å². The van der Waals surface area contributed by atoms with Crippen LogP contribution in [0.1, 0.15) is 26.3 Å². The second-order valence-corrected chi connectivity index (χ2v) is 4.76. The fraction of sp³-hybridized carbons (Fsp3) is 0.429. The third-order valence-corrected chi connectivity index (χ3v) is 2.92. The minimum atomic E-state index is -0.619. The van der Waals surface area contributed by atoms with Crippen LogP contribution in [0.25, 0.3) is 0 Å². The summed E-state index contributed by atoms with van der Waals surface area (Å²) in [7, 11) is 0. The summed E-state index contributed by atoms with van der Waals surface area (Å²) in [5, 5.41) is 11.6. The smallest absolute Gasteiger partial charge is 0.407 e. The van der Waals surface area contributed by atoms with Crippen molar-refractivity contribution in [3.63, 3.8) is 0 Å². The van der Waals surface area contributed by atoms with Gasteiger partial charge in [0.2, 0.25) is 0 Å². The van der Waals surface area contributed by atoms with Crippen LogP contribution < -0.4 is 5.32 Å². The van der Waals surface area contributed by atoms with Crippen molar-refractivity contribution in [1.82, 2.24) is 5.32 Å². The highest BCUT2D eigenvalue weighted by Gasteiger charge is 2.27. The zero-order valence-electron chi connectivity index (χ0n) is 10.9. The van der Waals surface area contributed by atoms with E-state index in [2.05, 4.69) is 11.4 Å². The van der Waals surface area contributed by atoms with E-state index >= 15 is 0 Å². The molecule has 1 aromatic rings. The summed E-state index contributed by atoms with van der Waals surface area (Å²) in [6.07, 6.45) is -0.505. The number of ether oxygens (including phenoxy) is 1. The summed E-state index contributed by atoms with van der Waals surface area (Å²) in [5.74, 6) is 0. The number of carbonyl (C=O) groups excluding carboxylic acids is 1. The summed E-state index contributed by atoms with van der Waals surface area (Å²) in [4.78, 5) is 11.5. The maximum atomic E-state index is 11.5. The lowest BCUT2D eigenvalue weighted by atomic mass is 9.87. The van der Waals surface area contributed by atoms with Crippen LogP contribution in [0.15, 0.2) is 30.3 Å². The molecule has 96 valence electrons. The van der Waals surface area contributed by atoms with Gasteiger partial charge in [0.15, 0.2) is 0 Å². The van der Waals surface area contributed by atoms with E-state index in [-0.39, 0.29) is 12.6 Å². The van der Waals surface area contributed by atoms with Gasteiger partial charge in [-0.05, 0) is 26.3 Å². The second kappa shape index (κ2) is 6.06. The van der Waals surface area contributed by atoms with Crippen molar-refractivity contribution in [1.29, 1.82) is 5.26 Å². The van der Waals surface area contributed by atoms with Crippen LogP contribution >= 0.6 is 0 Å². The standard InChI is InChI=1S/C14H18N2O2/c1-11(14(2,3)10-15)16-13(17)18-9-12-7-5-4-6-8-12/h4-8,11H,9H2,1-3H3,(H,16,17). The van der Waals surface area contributed by atoms with Crippen molar-refractivity contribution in [2.45, 2.75) is 33.4 Å². The van der Waals surface area contributed by atoms with E-state index in [9.17, 15) is 4.79 Å². The Kier molecular flexibility index (Phi) is 4.73. The maximum Gasteiger partial charge on any atom is 0.407 e. The van der Waals surface area contributed by atoms with Gasteiger partial charge in [0, 0.05) is 6.04 Å². The van der Waals surface area contributed by atoms with Crippen LogP contribution in [-0.2, 0) is 11.3 Å². The van der Waals surface area contributed by atoms with Crippen LogP contribution in [0.5, 0.6) is 0 Å². The lowest BCUT2D eigenvalue weighted by Gasteiger charge is -2.24. The molecule has 0 saturated carbocycles. The molecule has 1 aromatic carbocycles.